The van der Waals surface area contributed by atoms with Crippen LogP contribution in [0.2, 0.25) is 10.0 Å². The Hall–Kier alpha value is -3.35. The lowest BCUT2D eigenvalue weighted by atomic mass is 10.2. The van der Waals surface area contributed by atoms with Crippen molar-refractivity contribution < 1.29 is 0 Å². The first-order valence-electron chi connectivity index (χ1n) is 9.18. The van der Waals surface area contributed by atoms with Gasteiger partial charge in [-0.3, -0.25) is 0 Å². The first-order valence-corrected chi connectivity index (χ1v) is 9.94. The van der Waals surface area contributed by atoms with Crippen molar-refractivity contribution in [2.45, 2.75) is 6.92 Å². The molecule has 3 N–H and O–H groups in total. The molecule has 0 spiro atoms. The standard InChI is InChI=1S/C22H18Cl2N6/c1-14-8-10-17(11-9-14)25-20-28-21(26-18-6-2-4-15(23)12-18)30-22(29-20)27-19-7-3-5-16(24)13-19/h2-13H,1H3,(H3,25,26,27,28,29,30). The zero-order valence-electron chi connectivity index (χ0n) is 16.0. The molecule has 150 valence electrons. The third-order valence-corrected chi connectivity index (χ3v) is 4.57. The van der Waals surface area contributed by atoms with Crippen molar-refractivity contribution in [3.8, 4) is 0 Å². The number of aromatic nitrogens is 3. The fraction of sp³-hybridized carbons (Fsp3) is 0.0455. The number of benzene rings is 3. The second-order valence-corrected chi connectivity index (χ2v) is 7.44. The Labute approximate surface area is 184 Å². The zero-order chi connectivity index (χ0) is 20.9. The number of hydrogen-bond donors (Lipinski definition) is 3. The van der Waals surface area contributed by atoms with Gasteiger partial charge in [-0.25, -0.2) is 0 Å². The van der Waals surface area contributed by atoms with Crippen molar-refractivity contribution in [3.63, 3.8) is 0 Å². The van der Waals surface area contributed by atoms with Gasteiger partial charge >= 0.3 is 0 Å². The van der Waals surface area contributed by atoms with Crippen LogP contribution in [0.25, 0.3) is 0 Å². The van der Waals surface area contributed by atoms with E-state index in [4.69, 9.17) is 23.2 Å². The van der Waals surface area contributed by atoms with Crippen molar-refractivity contribution in [3.05, 3.63) is 88.4 Å². The van der Waals surface area contributed by atoms with Gasteiger partial charge < -0.3 is 16.0 Å². The maximum Gasteiger partial charge on any atom is 0.233 e. The summed E-state index contributed by atoms with van der Waals surface area (Å²) in [6.45, 7) is 2.03. The molecule has 0 aliphatic heterocycles. The Balaban J connectivity index is 1.66. The van der Waals surface area contributed by atoms with Crippen LogP contribution in [0.3, 0.4) is 0 Å². The molecule has 0 aliphatic carbocycles. The van der Waals surface area contributed by atoms with Crippen LogP contribution in [0.4, 0.5) is 34.9 Å². The fourth-order valence-corrected chi connectivity index (χ4v) is 3.08. The van der Waals surface area contributed by atoms with E-state index in [1.54, 1.807) is 24.3 Å². The predicted molar refractivity (Wildman–Crippen MR) is 124 cm³/mol. The van der Waals surface area contributed by atoms with E-state index >= 15 is 0 Å². The number of rotatable bonds is 6. The van der Waals surface area contributed by atoms with Gasteiger partial charge in [0.05, 0.1) is 0 Å². The monoisotopic (exact) mass is 436 g/mol. The second-order valence-electron chi connectivity index (χ2n) is 6.57. The van der Waals surface area contributed by atoms with Crippen LogP contribution in [-0.2, 0) is 0 Å². The summed E-state index contributed by atoms with van der Waals surface area (Å²) in [5.41, 5.74) is 3.57. The van der Waals surface area contributed by atoms with Crippen molar-refractivity contribution >= 4 is 58.1 Å². The molecule has 0 saturated heterocycles. The number of nitrogens with zero attached hydrogens (tertiary/aromatic N) is 3. The van der Waals surface area contributed by atoms with Gasteiger partial charge in [-0.2, -0.15) is 15.0 Å². The lowest BCUT2D eigenvalue weighted by molar-refractivity contribution is 1.06. The van der Waals surface area contributed by atoms with Gasteiger partial charge in [0.1, 0.15) is 0 Å². The summed E-state index contributed by atoms with van der Waals surface area (Å²) < 4.78 is 0. The quantitative estimate of drug-likeness (QED) is 0.311. The number of aryl methyl sites for hydroxylation is 1. The summed E-state index contributed by atoms with van der Waals surface area (Å²) in [5, 5.41) is 10.8. The maximum absolute atomic E-state index is 6.09. The molecule has 8 heteroatoms. The molecule has 0 amide bonds. The van der Waals surface area contributed by atoms with Gasteiger partial charge in [-0.05, 0) is 55.5 Å². The highest BCUT2D eigenvalue weighted by Crippen LogP contribution is 2.23. The highest BCUT2D eigenvalue weighted by molar-refractivity contribution is 6.31. The summed E-state index contributed by atoms with van der Waals surface area (Å²) in [5.74, 6) is 1.13. The summed E-state index contributed by atoms with van der Waals surface area (Å²) in [6.07, 6.45) is 0. The van der Waals surface area contributed by atoms with Crippen LogP contribution < -0.4 is 16.0 Å². The first kappa shape index (κ1) is 19.9. The Kier molecular flexibility index (Phi) is 5.97. The van der Waals surface area contributed by atoms with Gasteiger partial charge in [-0.15, -0.1) is 0 Å². The molecule has 0 aliphatic rings. The molecule has 6 nitrogen and oxygen atoms in total. The van der Waals surface area contributed by atoms with Gasteiger partial charge in [0.2, 0.25) is 17.8 Å². The highest BCUT2D eigenvalue weighted by Gasteiger charge is 2.09. The Morgan fingerprint density at radius 2 is 1.00 bits per heavy atom. The largest absolute Gasteiger partial charge is 0.324 e. The Morgan fingerprint density at radius 3 is 1.43 bits per heavy atom. The molecule has 0 radical (unpaired) electrons. The summed E-state index contributed by atoms with van der Waals surface area (Å²) in [6, 6.07) is 22.6. The van der Waals surface area contributed by atoms with Crippen LogP contribution in [0, 0.1) is 6.92 Å². The minimum atomic E-state index is 0.367. The van der Waals surface area contributed by atoms with E-state index in [9.17, 15) is 0 Å². The lowest BCUT2D eigenvalue weighted by Crippen LogP contribution is -2.07. The summed E-state index contributed by atoms with van der Waals surface area (Å²) in [7, 11) is 0. The molecule has 0 fully saturated rings. The lowest BCUT2D eigenvalue weighted by Gasteiger charge is -2.12. The minimum Gasteiger partial charge on any atom is -0.324 e. The van der Waals surface area contributed by atoms with Gasteiger partial charge in [-0.1, -0.05) is 53.0 Å². The van der Waals surface area contributed by atoms with Gasteiger partial charge in [0.15, 0.2) is 0 Å². The number of anilines is 6. The third-order valence-electron chi connectivity index (χ3n) is 4.10. The number of hydrogen-bond acceptors (Lipinski definition) is 6. The second kappa shape index (κ2) is 8.98. The molecule has 1 aromatic heterocycles. The van der Waals surface area contributed by atoms with Crippen LogP contribution in [0.5, 0.6) is 0 Å². The van der Waals surface area contributed by atoms with Crippen molar-refractivity contribution in [2.75, 3.05) is 16.0 Å². The van der Waals surface area contributed by atoms with E-state index in [2.05, 4.69) is 30.9 Å². The van der Waals surface area contributed by atoms with Crippen molar-refractivity contribution in [1.29, 1.82) is 0 Å². The normalized spacial score (nSPS) is 10.5. The maximum atomic E-state index is 6.09. The summed E-state index contributed by atoms with van der Waals surface area (Å²) >= 11 is 12.2. The van der Waals surface area contributed by atoms with Crippen LogP contribution in [-0.4, -0.2) is 15.0 Å². The van der Waals surface area contributed by atoms with E-state index < -0.39 is 0 Å². The minimum absolute atomic E-state index is 0.367. The van der Waals surface area contributed by atoms with Gasteiger partial charge in [0.25, 0.3) is 0 Å². The molecule has 30 heavy (non-hydrogen) atoms. The molecule has 0 bridgehead atoms. The molecule has 4 rings (SSSR count). The SMILES string of the molecule is Cc1ccc(Nc2nc(Nc3cccc(Cl)c3)nc(Nc3cccc(Cl)c3)n2)cc1. The van der Waals surface area contributed by atoms with E-state index in [0.717, 1.165) is 17.1 Å². The molecule has 0 saturated carbocycles. The molecule has 4 aromatic rings. The van der Waals surface area contributed by atoms with Crippen molar-refractivity contribution in [2.24, 2.45) is 0 Å². The molecule has 3 aromatic carbocycles. The van der Waals surface area contributed by atoms with E-state index in [1.165, 1.54) is 5.56 Å². The zero-order valence-corrected chi connectivity index (χ0v) is 17.5. The molecular formula is C22H18Cl2N6. The van der Waals surface area contributed by atoms with Crippen LogP contribution >= 0.6 is 23.2 Å². The molecule has 0 atom stereocenters. The predicted octanol–water partition coefficient (Wildman–Crippen LogP) is 6.72. The molecular weight excluding hydrogens is 419 g/mol. The van der Waals surface area contributed by atoms with Crippen LogP contribution in [0.1, 0.15) is 5.56 Å². The van der Waals surface area contributed by atoms with Crippen LogP contribution in [0.15, 0.2) is 72.8 Å². The summed E-state index contributed by atoms with van der Waals surface area (Å²) in [4.78, 5) is 13.4. The number of halogens is 2. The van der Waals surface area contributed by atoms with E-state index in [1.807, 2.05) is 55.5 Å². The van der Waals surface area contributed by atoms with E-state index in [-0.39, 0.29) is 0 Å². The fourth-order valence-electron chi connectivity index (χ4n) is 2.70. The average molecular weight is 437 g/mol. The topological polar surface area (TPSA) is 74.8 Å². The van der Waals surface area contributed by atoms with Crippen molar-refractivity contribution in [1.82, 2.24) is 15.0 Å². The molecule has 0 unspecified atom stereocenters. The molecule has 1 heterocycles. The average Bonchev–Trinajstić information content (AvgIpc) is 2.70. The Bertz CT molecular complexity index is 1100. The Morgan fingerprint density at radius 1 is 0.567 bits per heavy atom. The first-order chi connectivity index (χ1) is 14.5. The third kappa shape index (κ3) is 5.37. The smallest absolute Gasteiger partial charge is 0.233 e. The van der Waals surface area contributed by atoms with Gasteiger partial charge in [0, 0.05) is 27.1 Å². The highest BCUT2D eigenvalue weighted by atomic mass is 35.5. The number of nitrogens with one attached hydrogen (secondary N) is 3. The van der Waals surface area contributed by atoms with E-state index in [0.29, 0.717) is 27.9 Å².